The molecule has 28 heavy (non-hydrogen) atoms. The van der Waals surface area contributed by atoms with E-state index in [0.717, 1.165) is 35.5 Å². The number of benzene rings is 1. The molecule has 6 heteroatoms. The average Bonchev–Trinajstić information content (AvgIpc) is 3.30. The number of nitrogens with zero attached hydrogens (tertiary/aromatic N) is 3. The van der Waals surface area contributed by atoms with Crippen LogP contribution in [0.4, 0.5) is 0 Å². The van der Waals surface area contributed by atoms with Gasteiger partial charge in [0.25, 0.3) is 5.91 Å². The molecular weight excluding hydrogens is 374 g/mol. The van der Waals surface area contributed by atoms with E-state index in [1.54, 1.807) is 13.8 Å². The van der Waals surface area contributed by atoms with Crippen molar-refractivity contribution < 1.29 is 9.21 Å². The highest BCUT2D eigenvalue weighted by Gasteiger charge is 2.34. The Morgan fingerprint density at radius 1 is 1.18 bits per heavy atom. The van der Waals surface area contributed by atoms with Gasteiger partial charge >= 0.3 is 0 Å². The Balaban J connectivity index is 1.50. The maximum Gasteiger partial charge on any atom is 0.292 e. The molecule has 1 saturated heterocycles. The van der Waals surface area contributed by atoms with E-state index in [0.29, 0.717) is 23.9 Å². The molecule has 1 atom stereocenters. The third-order valence-electron chi connectivity index (χ3n) is 5.12. The lowest BCUT2D eigenvalue weighted by Crippen LogP contribution is -2.31. The number of carbonyl (C=O) groups is 1. The van der Waals surface area contributed by atoms with Gasteiger partial charge in [0.05, 0.1) is 17.4 Å². The molecular formula is C22H22ClN3O2. The van der Waals surface area contributed by atoms with E-state index >= 15 is 0 Å². The third-order valence-corrected chi connectivity index (χ3v) is 5.37. The smallest absolute Gasteiger partial charge is 0.292 e. The fourth-order valence-electron chi connectivity index (χ4n) is 3.75. The van der Waals surface area contributed by atoms with Crippen molar-refractivity contribution >= 4 is 17.5 Å². The predicted molar refractivity (Wildman–Crippen MR) is 107 cm³/mol. The van der Waals surface area contributed by atoms with Crippen LogP contribution >= 0.6 is 11.6 Å². The Kier molecular flexibility index (Phi) is 5.18. The maximum atomic E-state index is 13.0. The lowest BCUT2D eigenvalue weighted by atomic mass is 10.0. The van der Waals surface area contributed by atoms with Gasteiger partial charge < -0.3 is 9.32 Å². The molecule has 0 radical (unpaired) electrons. The van der Waals surface area contributed by atoms with Gasteiger partial charge in [-0.1, -0.05) is 29.8 Å². The fourth-order valence-corrected chi connectivity index (χ4v) is 3.88. The first-order valence-electron chi connectivity index (χ1n) is 9.45. The summed E-state index contributed by atoms with van der Waals surface area (Å²) in [6.45, 7) is 4.27. The highest BCUT2D eigenvalue weighted by molar-refractivity contribution is 6.30. The summed E-state index contributed by atoms with van der Waals surface area (Å²) in [6.07, 6.45) is 4.56. The molecule has 1 aliphatic heterocycles. The Morgan fingerprint density at radius 2 is 1.93 bits per heavy atom. The Morgan fingerprint density at radius 3 is 2.57 bits per heavy atom. The van der Waals surface area contributed by atoms with Gasteiger partial charge in [0.2, 0.25) is 5.76 Å². The van der Waals surface area contributed by atoms with Crippen molar-refractivity contribution in [3.63, 3.8) is 0 Å². The Bertz CT molecular complexity index is 980. The summed E-state index contributed by atoms with van der Waals surface area (Å²) in [5.74, 6) is 0.748. The van der Waals surface area contributed by atoms with Crippen molar-refractivity contribution in [3.05, 3.63) is 81.8 Å². The summed E-state index contributed by atoms with van der Waals surface area (Å²) < 4.78 is 5.53. The lowest BCUT2D eigenvalue weighted by Gasteiger charge is -2.23. The quantitative estimate of drug-likeness (QED) is 0.629. The molecule has 2 aromatic heterocycles. The van der Waals surface area contributed by atoms with Crippen LogP contribution in [0.5, 0.6) is 0 Å². The zero-order valence-corrected chi connectivity index (χ0v) is 16.7. The molecule has 1 fully saturated rings. The zero-order valence-electron chi connectivity index (χ0n) is 16.0. The number of aromatic nitrogens is 2. The third kappa shape index (κ3) is 3.80. The van der Waals surface area contributed by atoms with E-state index in [1.807, 2.05) is 41.4 Å². The number of hydrogen-bond acceptors (Lipinski definition) is 4. The first-order valence-corrected chi connectivity index (χ1v) is 9.83. The number of amides is 1. The van der Waals surface area contributed by atoms with Crippen molar-refractivity contribution in [2.75, 3.05) is 6.54 Å². The minimum absolute atomic E-state index is 0.0260. The van der Waals surface area contributed by atoms with Gasteiger partial charge in [-0.3, -0.25) is 9.78 Å². The summed E-state index contributed by atoms with van der Waals surface area (Å²) in [6, 6.07) is 11.9. The number of pyridine rings is 1. The number of hydrogen-bond donors (Lipinski definition) is 0. The van der Waals surface area contributed by atoms with Crippen LogP contribution in [0.3, 0.4) is 0 Å². The van der Waals surface area contributed by atoms with E-state index in [9.17, 15) is 4.79 Å². The number of oxazole rings is 1. The first kappa shape index (κ1) is 18.7. The second-order valence-electron chi connectivity index (χ2n) is 7.20. The highest BCUT2D eigenvalue weighted by atomic mass is 35.5. The van der Waals surface area contributed by atoms with Gasteiger partial charge in [-0.05, 0) is 55.5 Å². The zero-order chi connectivity index (χ0) is 19.7. The van der Waals surface area contributed by atoms with Crippen LogP contribution in [-0.4, -0.2) is 27.3 Å². The van der Waals surface area contributed by atoms with Crippen LogP contribution in [0.2, 0.25) is 5.02 Å². The largest absolute Gasteiger partial charge is 0.436 e. The van der Waals surface area contributed by atoms with E-state index in [1.165, 1.54) is 5.56 Å². The number of likely N-dealkylation sites (tertiary alicyclic amines) is 1. The summed E-state index contributed by atoms with van der Waals surface area (Å²) >= 11 is 5.95. The van der Waals surface area contributed by atoms with Gasteiger partial charge in [-0.25, -0.2) is 4.98 Å². The Hall–Kier alpha value is -2.66. The van der Waals surface area contributed by atoms with E-state index in [4.69, 9.17) is 16.0 Å². The van der Waals surface area contributed by atoms with Gasteiger partial charge in [0.15, 0.2) is 5.89 Å². The lowest BCUT2D eigenvalue weighted by molar-refractivity contribution is 0.0698. The molecule has 0 N–H and O–H groups in total. The van der Waals surface area contributed by atoms with Crippen LogP contribution in [0.25, 0.3) is 0 Å². The minimum Gasteiger partial charge on any atom is -0.436 e. The molecule has 3 heterocycles. The fraction of sp³-hybridized carbons (Fsp3) is 0.318. The molecule has 4 rings (SSSR count). The minimum atomic E-state index is -0.104. The topological polar surface area (TPSA) is 59.2 Å². The molecule has 5 nitrogen and oxygen atoms in total. The molecule has 1 amide bonds. The number of rotatable bonds is 4. The van der Waals surface area contributed by atoms with E-state index in [2.05, 4.69) is 16.0 Å². The summed E-state index contributed by atoms with van der Waals surface area (Å²) in [4.78, 5) is 23.7. The van der Waals surface area contributed by atoms with Gasteiger partial charge in [-0.2, -0.15) is 0 Å². The molecule has 1 aliphatic rings. The van der Waals surface area contributed by atoms with Crippen LogP contribution in [0, 0.1) is 13.8 Å². The normalized spacial score (nSPS) is 16.5. The van der Waals surface area contributed by atoms with Gasteiger partial charge in [-0.15, -0.1) is 0 Å². The van der Waals surface area contributed by atoms with E-state index in [-0.39, 0.29) is 11.9 Å². The van der Waals surface area contributed by atoms with Crippen molar-refractivity contribution in [1.29, 1.82) is 0 Å². The summed E-state index contributed by atoms with van der Waals surface area (Å²) in [5.41, 5.74) is 3.87. The van der Waals surface area contributed by atoms with Crippen molar-refractivity contribution in [2.24, 2.45) is 0 Å². The Labute approximate surface area is 169 Å². The highest BCUT2D eigenvalue weighted by Crippen LogP contribution is 2.32. The van der Waals surface area contributed by atoms with Crippen LogP contribution < -0.4 is 0 Å². The molecule has 144 valence electrons. The van der Waals surface area contributed by atoms with E-state index < -0.39 is 0 Å². The van der Waals surface area contributed by atoms with Gasteiger partial charge in [0.1, 0.15) is 0 Å². The second kappa shape index (κ2) is 7.76. The molecule has 0 aliphatic carbocycles. The number of halogens is 1. The number of aryl methyl sites for hydroxylation is 2. The van der Waals surface area contributed by atoms with Crippen LogP contribution in [0.1, 0.15) is 57.8 Å². The standard InChI is InChI=1S/C22H22ClN3O2/c1-14-21(28-15(2)25-14)22(27)26-11-3-4-20(26)19-10-7-17(13-24-19)12-16-5-8-18(23)9-6-16/h5-10,13,20H,3-4,11-12H2,1-2H3. The average molecular weight is 396 g/mol. The molecule has 1 aromatic carbocycles. The maximum absolute atomic E-state index is 13.0. The first-order chi connectivity index (χ1) is 13.5. The van der Waals surface area contributed by atoms with Crippen molar-refractivity contribution in [2.45, 2.75) is 39.2 Å². The second-order valence-corrected chi connectivity index (χ2v) is 7.63. The van der Waals surface area contributed by atoms with Crippen molar-refractivity contribution in [3.8, 4) is 0 Å². The SMILES string of the molecule is Cc1nc(C)c(C(=O)N2CCCC2c2ccc(Cc3ccc(Cl)cc3)cn2)o1. The molecule has 0 bridgehead atoms. The summed E-state index contributed by atoms with van der Waals surface area (Å²) in [7, 11) is 0. The summed E-state index contributed by atoms with van der Waals surface area (Å²) in [5, 5.41) is 0.736. The monoisotopic (exact) mass is 395 g/mol. The van der Waals surface area contributed by atoms with Crippen molar-refractivity contribution in [1.82, 2.24) is 14.9 Å². The van der Waals surface area contributed by atoms with Gasteiger partial charge in [0, 0.05) is 24.7 Å². The molecule has 0 saturated carbocycles. The predicted octanol–water partition coefficient (Wildman–Crippen LogP) is 4.91. The molecule has 1 unspecified atom stereocenters. The van der Waals surface area contributed by atoms with Crippen LogP contribution in [-0.2, 0) is 6.42 Å². The molecule has 3 aromatic rings. The molecule has 0 spiro atoms. The number of carbonyl (C=O) groups excluding carboxylic acids is 1. The van der Waals surface area contributed by atoms with Crippen LogP contribution in [0.15, 0.2) is 47.0 Å².